The van der Waals surface area contributed by atoms with Crippen molar-refractivity contribution in [3.63, 3.8) is 0 Å². The lowest BCUT2D eigenvalue weighted by Crippen LogP contribution is -2.03. The Bertz CT molecular complexity index is 398. The van der Waals surface area contributed by atoms with Crippen LogP contribution in [0.2, 0.25) is 0 Å². The Labute approximate surface area is 86.4 Å². The third-order valence-electron chi connectivity index (χ3n) is 1.74. The molecule has 0 aliphatic carbocycles. The Balaban J connectivity index is 3.15. The number of carbonyl (C=O) groups is 1. The summed E-state index contributed by atoms with van der Waals surface area (Å²) in [5.74, 6) is -0.578. The largest absolute Gasteiger partial charge is 0.474 e. The summed E-state index contributed by atoms with van der Waals surface area (Å²) in [7, 11) is 1.27. The van der Waals surface area contributed by atoms with Gasteiger partial charge in [0.15, 0.2) is 0 Å². The van der Waals surface area contributed by atoms with Crippen molar-refractivity contribution in [2.75, 3.05) is 7.11 Å². The quantitative estimate of drug-likeness (QED) is 0.424. The zero-order valence-electron chi connectivity index (χ0n) is 7.90. The Morgan fingerprint density at radius 2 is 2.36 bits per heavy atom. The number of ether oxygens (including phenoxy) is 1. The number of esters is 1. The van der Waals surface area contributed by atoms with E-state index in [1.165, 1.54) is 18.4 Å². The summed E-state index contributed by atoms with van der Waals surface area (Å²) in [6, 6.07) is 3.75. The second kappa shape index (κ2) is 4.58. The van der Waals surface area contributed by atoms with E-state index < -0.39 is 5.97 Å². The molecule has 0 fully saturated rings. The smallest absolute Gasteiger partial charge is 0.336 e. The van der Waals surface area contributed by atoms with E-state index in [1.54, 1.807) is 6.92 Å². The number of methoxy groups -OCH3 is 1. The first-order valence-corrected chi connectivity index (χ1v) is 4.79. The standard InChI is InChI=1S/C10H9NO2S/c1-7(8-5-4-6-14-8)9(11-2)10(12)13-3/h4-6H,1,3H3. The highest BCUT2D eigenvalue weighted by Gasteiger charge is 2.14. The molecule has 0 saturated carbocycles. The van der Waals surface area contributed by atoms with Gasteiger partial charge < -0.3 is 4.74 Å². The van der Waals surface area contributed by atoms with E-state index in [-0.39, 0.29) is 5.70 Å². The molecule has 0 saturated heterocycles. The zero-order chi connectivity index (χ0) is 10.6. The molecule has 0 N–H and O–H groups in total. The molecule has 1 aromatic rings. The summed E-state index contributed by atoms with van der Waals surface area (Å²) >= 11 is 1.49. The van der Waals surface area contributed by atoms with Gasteiger partial charge in [-0.25, -0.2) is 4.85 Å². The predicted octanol–water partition coefficient (Wildman–Crippen LogP) is 2.57. The number of carbonyl (C=O) groups excluding carboxylic acids is 1. The van der Waals surface area contributed by atoms with E-state index in [2.05, 4.69) is 9.58 Å². The van der Waals surface area contributed by atoms with Crippen molar-refractivity contribution in [2.24, 2.45) is 0 Å². The molecule has 1 rings (SSSR count). The number of hydrogen-bond donors (Lipinski definition) is 0. The molecule has 1 aromatic heterocycles. The molecule has 0 atom stereocenters. The van der Waals surface area contributed by atoms with Crippen molar-refractivity contribution in [2.45, 2.75) is 6.92 Å². The highest BCUT2D eigenvalue weighted by molar-refractivity contribution is 7.11. The SMILES string of the molecule is [C-]#[N+]C(C(=O)OC)=C(C)c1cccs1. The van der Waals surface area contributed by atoms with Crippen LogP contribution in [0, 0.1) is 6.57 Å². The van der Waals surface area contributed by atoms with E-state index in [4.69, 9.17) is 6.57 Å². The van der Waals surface area contributed by atoms with E-state index >= 15 is 0 Å². The number of nitrogens with zero attached hydrogens (tertiary/aromatic N) is 1. The maximum Gasteiger partial charge on any atom is 0.336 e. The van der Waals surface area contributed by atoms with Gasteiger partial charge in [0.25, 0.3) is 5.70 Å². The number of rotatable bonds is 2. The molecule has 0 aliphatic rings. The van der Waals surface area contributed by atoms with Gasteiger partial charge >= 0.3 is 5.97 Å². The summed E-state index contributed by atoms with van der Waals surface area (Å²) in [4.78, 5) is 15.3. The molecule has 72 valence electrons. The first-order chi connectivity index (χ1) is 6.70. The molecular formula is C10H9NO2S. The topological polar surface area (TPSA) is 30.7 Å². The molecule has 3 nitrogen and oxygen atoms in total. The number of hydrogen-bond acceptors (Lipinski definition) is 3. The van der Waals surface area contributed by atoms with Gasteiger partial charge in [0, 0.05) is 4.88 Å². The molecule has 1 heterocycles. The van der Waals surface area contributed by atoms with E-state index in [9.17, 15) is 4.79 Å². The summed E-state index contributed by atoms with van der Waals surface area (Å²) in [6.45, 7) is 8.64. The molecule has 0 amide bonds. The van der Waals surface area contributed by atoms with Crippen LogP contribution in [0.4, 0.5) is 0 Å². The lowest BCUT2D eigenvalue weighted by Gasteiger charge is -2.00. The average molecular weight is 207 g/mol. The molecule has 4 heteroatoms. The van der Waals surface area contributed by atoms with Gasteiger partial charge in [-0.15, -0.1) is 11.3 Å². The lowest BCUT2D eigenvalue weighted by atomic mass is 10.2. The van der Waals surface area contributed by atoms with Crippen molar-refractivity contribution in [1.29, 1.82) is 0 Å². The first-order valence-electron chi connectivity index (χ1n) is 3.91. The van der Waals surface area contributed by atoms with E-state index in [0.717, 1.165) is 4.88 Å². The Hall–Kier alpha value is -1.60. The maximum atomic E-state index is 11.2. The molecule has 0 bridgehead atoms. The number of thiophene rings is 1. The fourth-order valence-corrected chi connectivity index (χ4v) is 1.72. The van der Waals surface area contributed by atoms with Crippen LogP contribution >= 0.6 is 11.3 Å². The Morgan fingerprint density at radius 1 is 1.64 bits per heavy atom. The van der Waals surface area contributed by atoms with Gasteiger partial charge in [0.1, 0.15) is 0 Å². The van der Waals surface area contributed by atoms with E-state index in [1.807, 2.05) is 17.5 Å². The van der Waals surface area contributed by atoms with Crippen LogP contribution in [0.25, 0.3) is 10.4 Å². The van der Waals surface area contributed by atoms with Crippen molar-refractivity contribution in [3.05, 3.63) is 39.5 Å². The van der Waals surface area contributed by atoms with Crippen molar-refractivity contribution in [1.82, 2.24) is 0 Å². The minimum atomic E-state index is -0.578. The average Bonchev–Trinajstić information content (AvgIpc) is 2.71. The molecule has 0 aromatic carbocycles. The molecular weight excluding hydrogens is 198 g/mol. The Morgan fingerprint density at radius 3 is 2.79 bits per heavy atom. The zero-order valence-corrected chi connectivity index (χ0v) is 8.72. The predicted molar refractivity (Wildman–Crippen MR) is 55.5 cm³/mol. The lowest BCUT2D eigenvalue weighted by molar-refractivity contribution is -0.135. The molecule has 0 radical (unpaired) electrons. The van der Waals surface area contributed by atoms with Crippen molar-refractivity contribution in [3.8, 4) is 0 Å². The highest BCUT2D eigenvalue weighted by Crippen LogP contribution is 2.24. The summed E-state index contributed by atoms with van der Waals surface area (Å²) in [6.07, 6.45) is 0. The van der Waals surface area contributed by atoms with Gasteiger partial charge in [-0.2, -0.15) is 0 Å². The second-order valence-corrected chi connectivity index (χ2v) is 3.50. The minimum absolute atomic E-state index is 0.0509. The van der Waals surface area contributed by atoms with Gasteiger partial charge in [-0.1, -0.05) is 6.07 Å². The second-order valence-electron chi connectivity index (χ2n) is 2.55. The molecule has 14 heavy (non-hydrogen) atoms. The van der Waals surface area contributed by atoms with Gasteiger partial charge in [-0.3, -0.25) is 4.79 Å². The summed E-state index contributed by atoms with van der Waals surface area (Å²) < 4.78 is 4.52. The van der Waals surface area contributed by atoms with Crippen LogP contribution in [-0.2, 0) is 9.53 Å². The summed E-state index contributed by atoms with van der Waals surface area (Å²) in [5, 5.41) is 1.90. The van der Waals surface area contributed by atoms with Gasteiger partial charge in [-0.05, 0) is 23.9 Å². The molecule has 0 aliphatic heterocycles. The van der Waals surface area contributed by atoms with Crippen LogP contribution in [0.1, 0.15) is 11.8 Å². The van der Waals surface area contributed by atoms with Crippen LogP contribution in [-0.4, -0.2) is 13.1 Å². The fraction of sp³-hybridized carbons (Fsp3) is 0.200. The van der Waals surface area contributed by atoms with Crippen LogP contribution in [0.15, 0.2) is 23.2 Å². The maximum absolute atomic E-state index is 11.2. The third kappa shape index (κ3) is 2.01. The van der Waals surface area contributed by atoms with Gasteiger partial charge in [0.05, 0.1) is 13.7 Å². The third-order valence-corrected chi connectivity index (χ3v) is 2.73. The van der Waals surface area contributed by atoms with Gasteiger partial charge in [0.2, 0.25) is 0 Å². The van der Waals surface area contributed by atoms with Crippen LogP contribution in [0.3, 0.4) is 0 Å². The van der Waals surface area contributed by atoms with Crippen molar-refractivity contribution < 1.29 is 9.53 Å². The van der Waals surface area contributed by atoms with Crippen molar-refractivity contribution >= 4 is 22.9 Å². The summed E-state index contributed by atoms with van der Waals surface area (Å²) in [5.41, 5.74) is 0.719. The first kappa shape index (κ1) is 10.5. The number of allylic oxidation sites excluding steroid dienone is 1. The van der Waals surface area contributed by atoms with Crippen LogP contribution in [0.5, 0.6) is 0 Å². The molecule has 0 unspecified atom stereocenters. The molecule has 0 spiro atoms. The fourth-order valence-electron chi connectivity index (χ4n) is 0.988. The Kier molecular flexibility index (Phi) is 3.43. The van der Waals surface area contributed by atoms with Crippen LogP contribution < -0.4 is 0 Å². The highest BCUT2D eigenvalue weighted by atomic mass is 32.1. The van der Waals surface area contributed by atoms with E-state index in [0.29, 0.717) is 5.57 Å². The monoisotopic (exact) mass is 207 g/mol. The minimum Gasteiger partial charge on any atom is -0.474 e. The normalized spacial score (nSPS) is 11.5.